The minimum Gasteiger partial charge on any atom is -0.348 e. The standard InChI is InChI=1S/C13H25NO2S/c1-11(5-10-17-2)14-12-3-6-13(7-4-12)15-8-9-16-13/h11-12,14H,3-10H2,1-2H3. The summed E-state index contributed by atoms with van der Waals surface area (Å²) in [5.74, 6) is 1.04. The van der Waals surface area contributed by atoms with Crippen molar-refractivity contribution in [1.29, 1.82) is 0 Å². The van der Waals surface area contributed by atoms with E-state index >= 15 is 0 Å². The Bertz CT molecular complexity index is 221. The van der Waals surface area contributed by atoms with Crippen LogP contribution in [-0.4, -0.2) is 43.1 Å². The summed E-state index contributed by atoms with van der Waals surface area (Å²) in [6.07, 6.45) is 7.91. The Morgan fingerprint density at radius 1 is 1.29 bits per heavy atom. The van der Waals surface area contributed by atoms with E-state index in [0.29, 0.717) is 12.1 Å². The molecular formula is C13H25NO2S. The molecule has 0 radical (unpaired) electrons. The van der Waals surface area contributed by atoms with Gasteiger partial charge in [0.2, 0.25) is 0 Å². The molecule has 100 valence electrons. The number of rotatable bonds is 5. The van der Waals surface area contributed by atoms with Gasteiger partial charge in [0.05, 0.1) is 13.2 Å². The summed E-state index contributed by atoms with van der Waals surface area (Å²) in [5.41, 5.74) is 0. The Morgan fingerprint density at radius 3 is 2.53 bits per heavy atom. The van der Waals surface area contributed by atoms with Crippen molar-refractivity contribution < 1.29 is 9.47 Å². The molecular weight excluding hydrogens is 234 g/mol. The zero-order valence-electron chi connectivity index (χ0n) is 11.0. The summed E-state index contributed by atoms with van der Waals surface area (Å²) in [6.45, 7) is 3.85. The molecule has 1 atom stereocenters. The maximum atomic E-state index is 5.75. The lowest BCUT2D eigenvalue weighted by molar-refractivity contribution is -0.179. The van der Waals surface area contributed by atoms with Gasteiger partial charge in [-0.1, -0.05) is 0 Å². The average molecular weight is 259 g/mol. The van der Waals surface area contributed by atoms with Crippen LogP contribution < -0.4 is 5.32 Å². The van der Waals surface area contributed by atoms with E-state index in [2.05, 4.69) is 18.5 Å². The largest absolute Gasteiger partial charge is 0.348 e. The second-order valence-electron chi connectivity index (χ2n) is 5.23. The van der Waals surface area contributed by atoms with Crippen molar-refractivity contribution in [2.75, 3.05) is 25.2 Å². The van der Waals surface area contributed by atoms with Crippen molar-refractivity contribution in [2.45, 2.75) is 56.9 Å². The van der Waals surface area contributed by atoms with Crippen molar-refractivity contribution in [3.05, 3.63) is 0 Å². The lowest BCUT2D eigenvalue weighted by Crippen LogP contribution is -2.44. The number of thioether (sulfide) groups is 1. The van der Waals surface area contributed by atoms with Gasteiger partial charge >= 0.3 is 0 Å². The van der Waals surface area contributed by atoms with Gasteiger partial charge in [0, 0.05) is 24.9 Å². The summed E-state index contributed by atoms with van der Waals surface area (Å²) < 4.78 is 11.5. The normalized spacial score (nSPS) is 26.5. The Labute approximate surface area is 109 Å². The third kappa shape index (κ3) is 3.85. The van der Waals surface area contributed by atoms with Gasteiger partial charge < -0.3 is 14.8 Å². The first-order chi connectivity index (χ1) is 8.24. The Morgan fingerprint density at radius 2 is 1.94 bits per heavy atom. The second-order valence-corrected chi connectivity index (χ2v) is 6.22. The minimum atomic E-state index is -0.208. The minimum absolute atomic E-state index is 0.208. The van der Waals surface area contributed by atoms with Gasteiger partial charge in [0.25, 0.3) is 0 Å². The van der Waals surface area contributed by atoms with Gasteiger partial charge in [-0.3, -0.25) is 0 Å². The van der Waals surface area contributed by atoms with Crippen molar-refractivity contribution in [3.63, 3.8) is 0 Å². The Kier molecular flexibility index (Phi) is 5.15. The molecule has 0 aromatic heterocycles. The topological polar surface area (TPSA) is 30.5 Å². The molecule has 1 spiro atoms. The molecule has 1 heterocycles. The SMILES string of the molecule is CSCCC(C)NC1CCC2(CC1)OCCO2. The highest BCUT2D eigenvalue weighted by molar-refractivity contribution is 7.98. The highest BCUT2D eigenvalue weighted by atomic mass is 32.2. The van der Waals surface area contributed by atoms with Crippen LogP contribution in [0, 0.1) is 0 Å². The zero-order valence-corrected chi connectivity index (χ0v) is 11.9. The quantitative estimate of drug-likeness (QED) is 0.821. The lowest BCUT2D eigenvalue weighted by atomic mass is 9.89. The molecule has 4 heteroatoms. The van der Waals surface area contributed by atoms with E-state index in [4.69, 9.17) is 9.47 Å². The van der Waals surface area contributed by atoms with Crippen LogP contribution in [0.15, 0.2) is 0 Å². The number of nitrogens with one attached hydrogen (secondary N) is 1. The Balaban J connectivity index is 1.68. The average Bonchev–Trinajstić information content (AvgIpc) is 2.79. The van der Waals surface area contributed by atoms with E-state index in [9.17, 15) is 0 Å². The van der Waals surface area contributed by atoms with E-state index in [1.807, 2.05) is 11.8 Å². The molecule has 1 unspecified atom stereocenters. The van der Waals surface area contributed by atoms with Gasteiger partial charge in [0.1, 0.15) is 0 Å². The van der Waals surface area contributed by atoms with E-state index in [-0.39, 0.29) is 5.79 Å². The van der Waals surface area contributed by atoms with Crippen LogP contribution in [0.3, 0.4) is 0 Å². The van der Waals surface area contributed by atoms with Gasteiger partial charge in [-0.2, -0.15) is 11.8 Å². The first kappa shape index (κ1) is 13.7. The molecule has 2 fully saturated rings. The number of hydrogen-bond acceptors (Lipinski definition) is 4. The third-order valence-corrected chi connectivity index (χ3v) is 4.48. The van der Waals surface area contributed by atoms with Crippen molar-refractivity contribution in [1.82, 2.24) is 5.32 Å². The molecule has 0 aromatic carbocycles. The molecule has 1 saturated carbocycles. The summed E-state index contributed by atoms with van der Waals surface area (Å²) in [7, 11) is 0. The van der Waals surface area contributed by atoms with E-state index in [1.165, 1.54) is 25.0 Å². The number of ether oxygens (including phenoxy) is 2. The maximum absolute atomic E-state index is 5.75. The van der Waals surface area contributed by atoms with E-state index in [1.54, 1.807) is 0 Å². The molecule has 17 heavy (non-hydrogen) atoms. The summed E-state index contributed by atoms with van der Waals surface area (Å²) in [6, 6.07) is 1.29. The van der Waals surface area contributed by atoms with Gasteiger partial charge in [-0.25, -0.2) is 0 Å². The van der Waals surface area contributed by atoms with Gasteiger partial charge in [-0.05, 0) is 38.2 Å². The first-order valence-corrected chi connectivity index (χ1v) is 8.16. The van der Waals surface area contributed by atoms with Crippen LogP contribution in [0.1, 0.15) is 39.0 Å². The number of hydrogen-bond donors (Lipinski definition) is 1. The van der Waals surface area contributed by atoms with Crippen LogP contribution in [0.5, 0.6) is 0 Å². The molecule has 3 nitrogen and oxygen atoms in total. The smallest absolute Gasteiger partial charge is 0.168 e. The van der Waals surface area contributed by atoms with E-state index in [0.717, 1.165) is 26.1 Å². The molecule has 0 aromatic rings. The molecule has 2 rings (SSSR count). The lowest BCUT2D eigenvalue weighted by Gasteiger charge is -2.36. The molecule has 1 aliphatic carbocycles. The van der Waals surface area contributed by atoms with Crippen molar-refractivity contribution >= 4 is 11.8 Å². The van der Waals surface area contributed by atoms with Gasteiger partial charge in [0.15, 0.2) is 5.79 Å². The third-order valence-electron chi connectivity index (χ3n) is 3.84. The maximum Gasteiger partial charge on any atom is 0.168 e. The highest BCUT2D eigenvalue weighted by Gasteiger charge is 2.40. The van der Waals surface area contributed by atoms with Crippen LogP contribution in [-0.2, 0) is 9.47 Å². The molecule has 2 aliphatic rings. The van der Waals surface area contributed by atoms with Crippen LogP contribution >= 0.6 is 11.8 Å². The fourth-order valence-corrected chi connectivity index (χ4v) is 3.38. The first-order valence-electron chi connectivity index (χ1n) is 6.77. The second kappa shape index (κ2) is 6.41. The van der Waals surface area contributed by atoms with Crippen LogP contribution in [0.4, 0.5) is 0 Å². The summed E-state index contributed by atoms with van der Waals surface area (Å²) >= 11 is 1.93. The summed E-state index contributed by atoms with van der Waals surface area (Å²) in [5, 5.41) is 3.74. The molecule has 1 N–H and O–H groups in total. The monoisotopic (exact) mass is 259 g/mol. The summed E-state index contributed by atoms with van der Waals surface area (Å²) in [4.78, 5) is 0. The fraction of sp³-hybridized carbons (Fsp3) is 1.00. The molecule has 1 aliphatic heterocycles. The predicted octanol–water partition coefficient (Wildman–Crippen LogP) is 2.40. The predicted molar refractivity (Wildman–Crippen MR) is 72.5 cm³/mol. The van der Waals surface area contributed by atoms with Gasteiger partial charge in [-0.15, -0.1) is 0 Å². The Hall–Kier alpha value is 0.230. The van der Waals surface area contributed by atoms with E-state index < -0.39 is 0 Å². The molecule has 0 amide bonds. The van der Waals surface area contributed by atoms with Crippen molar-refractivity contribution in [2.24, 2.45) is 0 Å². The molecule has 0 bridgehead atoms. The van der Waals surface area contributed by atoms with Crippen LogP contribution in [0.2, 0.25) is 0 Å². The highest BCUT2D eigenvalue weighted by Crippen LogP contribution is 2.35. The van der Waals surface area contributed by atoms with Crippen LogP contribution in [0.25, 0.3) is 0 Å². The molecule has 1 saturated heterocycles. The fourth-order valence-electron chi connectivity index (χ4n) is 2.79. The zero-order chi connectivity index (χ0) is 12.1. The van der Waals surface area contributed by atoms with Crippen molar-refractivity contribution in [3.8, 4) is 0 Å².